The maximum atomic E-state index is 12.5. The standard InChI is InChI=1S/C19H15ClN2O5/c1-22-14-7-4-11(10-2-5-12(20)6-3-10)8-13(14)17(25)16(19(22)27)18(26)21-9-15(23)24/h2-8,25H,9H2,1H3,(H,21,26)(H,23,24). The molecule has 0 aliphatic carbocycles. The van der Waals surface area contributed by atoms with Gasteiger partial charge in [0.1, 0.15) is 17.9 Å². The van der Waals surface area contributed by atoms with Gasteiger partial charge >= 0.3 is 5.97 Å². The second-order valence-electron chi connectivity index (χ2n) is 5.90. The van der Waals surface area contributed by atoms with E-state index in [0.29, 0.717) is 15.9 Å². The highest BCUT2D eigenvalue weighted by Gasteiger charge is 2.21. The van der Waals surface area contributed by atoms with Crippen molar-refractivity contribution in [3.63, 3.8) is 0 Å². The highest BCUT2D eigenvalue weighted by atomic mass is 35.5. The van der Waals surface area contributed by atoms with Crippen molar-refractivity contribution in [3.8, 4) is 16.9 Å². The normalized spacial score (nSPS) is 10.7. The van der Waals surface area contributed by atoms with E-state index in [1.807, 2.05) is 12.1 Å². The van der Waals surface area contributed by atoms with Crippen LogP contribution >= 0.6 is 11.6 Å². The maximum absolute atomic E-state index is 12.5. The summed E-state index contributed by atoms with van der Waals surface area (Å²) in [6.07, 6.45) is 0. The SMILES string of the molecule is Cn1c(=O)c(C(=O)NCC(=O)O)c(O)c2cc(-c3ccc(Cl)cc3)ccc21. The zero-order chi connectivity index (χ0) is 19.7. The van der Waals surface area contributed by atoms with Crippen molar-refractivity contribution >= 4 is 34.4 Å². The molecule has 0 saturated carbocycles. The molecule has 0 spiro atoms. The molecule has 3 rings (SSSR count). The summed E-state index contributed by atoms with van der Waals surface area (Å²) in [5.41, 5.74) is 0.808. The van der Waals surface area contributed by atoms with E-state index in [2.05, 4.69) is 5.32 Å². The summed E-state index contributed by atoms with van der Waals surface area (Å²) >= 11 is 5.90. The number of hydrogen-bond acceptors (Lipinski definition) is 4. The summed E-state index contributed by atoms with van der Waals surface area (Å²) in [6.45, 7) is -0.662. The third-order valence-electron chi connectivity index (χ3n) is 4.17. The number of pyridine rings is 1. The lowest BCUT2D eigenvalue weighted by molar-refractivity contribution is -0.135. The zero-order valence-electron chi connectivity index (χ0n) is 14.2. The second-order valence-corrected chi connectivity index (χ2v) is 6.34. The van der Waals surface area contributed by atoms with Gasteiger partial charge in [0.05, 0.1) is 5.52 Å². The number of carboxylic acids is 1. The average molecular weight is 387 g/mol. The average Bonchev–Trinajstić information content (AvgIpc) is 2.65. The number of aliphatic carboxylic acids is 1. The van der Waals surface area contributed by atoms with Gasteiger partial charge in [-0.05, 0) is 35.4 Å². The van der Waals surface area contributed by atoms with Gasteiger partial charge in [-0.1, -0.05) is 29.8 Å². The molecule has 0 bridgehead atoms. The quantitative estimate of drug-likeness (QED) is 0.638. The minimum atomic E-state index is -1.26. The Kier molecular flexibility index (Phi) is 4.87. The Bertz CT molecular complexity index is 1120. The molecule has 0 aliphatic rings. The van der Waals surface area contributed by atoms with E-state index in [1.54, 1.807) is 30.3 Å². The Hall–Kier alpha value is -3.32. The number of nitrogens with one attached hydrogen (secondary N) is 1. The van der Waals surface area contributed by atoms with Gasteiger partial charge < -0.3 is 20.1 Å². The van der Waals surface area contributed by atoms with Crippen LogP contribution in [0.5, 0.6) is 5.75 Å². The van der Waals surface area contributed by atoms with Crippen LogP contribution in [-0.4, -0.2) is 33.2 Å². The van der Waals surface area contributed by atoms with E-state index in [9.17, 15) is 19.5 Å². The van der Waals surface area contributed by atoms with Gasteiger partial charge in [-0.25, -0.2) is 0 Å². The van der Waals surface area contributed by atoms with E-state index >= 15 is 0 Å². The van der Waals surface area contributed by atoms with Gasteiger partial charge in [0, 0.05) is 17.5 Å². The topological polar surface area (TPSA) is 109 Å². The van der Waals surface area contributed by atoms with E-state index in [0.717, 1.165) is 11.1 Å². The van der Waals surface area contributed by atoms with Gasteiger partial charge in [0.15, 0.2) is 0 Å². The Morgan fingerprint density at radius 2 is 1.74 bits per heavy atom. The minimum Gasteiger partial charge on any atom is -0.506 e. The first-order valence-electron chi connectivity index (χ1n) is 7.91. The minimum absolute atomic E-state index is 0.296. The van der Waals surface area contributed by atoms with Crippen LogP contribution in [-0.2, 0) is 11.8 Å². The molecule has 1 aromatic heterocycles. The number of aromatic nitrogens is 1. The van der Waals surface area contributed by atoms with Crippen LogP contribution < -0.4 is 10.9 Å². The van der Waals surface area contributed by atoms with E-state index in [1.165, 1.54) is 11.6 Å². The van der Waals surface area contributed by atoms with Crippen molar-refractivity contribution in [2.24, 2.45) is 7.05 Å². The molecule has 8 heteroatoms. The molecule has 3 N–H and O–H groups in total. The lowest BCUT2D eigenvalue weighted by Crippen LogP contribution is -2.35. The number of fused-ring (bicyclic) bond motifs is 1. The number of rotatable bonds is 4. The summed E-state index contributed by atoms with van der Waals surface area (Å²) in [7, 11) is 1.47. The Morgan fingerprint density at radius 3 is 2.37 bits per heavy atom. The molecule has 0 radical (unpaired) electrons. The summed E-state index contributed by atoms with van der Waals surface area (Å²) < 4.78 is 1.23. The number of carbonyl (C=O) groups excluding carboxylic acids is 1. The van der Waals surface area contributed by atoms with E-state index in [4.69, 9.17) is 16.7 Å². The van der Waals surface area contributed by atoms with Crippen molar-refractivity contribution in [2.45, 2.75) is 0 Å². The lowest BCUT2D eigenvalue weighted by Gasteiger charge is -2.13. The van der Waals surface area contributed by atoms with E-state index < -0.39 is 35.3 Å². The molecule has 7 nitrogen and oxygen atoms in total. The molecule has 0 saturated heterocycles. The van der Waals surface area contributed by atoms with Gasteiger partial charge in [-0.2, -0.15) is 0 Å². The maximum Gasteiger partial charge on any atom is 0.322 e. The summed E-state index contributed by atoms with van der Waals surface area (Å²) in [5, 5.41) is 22.2. The van der Waals surface area contributed by atoms with Crippen LogP contribution in [0.3, 0.4) is 0 Å². The predicted octanol–water partition coefficient (Wildman–Crippen LogP) is 2.38. The van der Waals surface area contributed by atoms with Crippen molar-refractivity contribution in [2.75, 3.05) is 6.54 Å². The molecule has 0 fully saturated rings. The summed E-state index contributed by atoms with van der Waals surface area (Å²) in [4.78, 5) is 35.3. The number of aryl methyl sites for hydroxylation is 1. The first-order valence-corrected chi connectivity index (χ1v) is 8.29. The molecule has 0 atom stereocenters. The highest BCUT2D eigenvalue weighted by Crippen LogP contribution is 2.31. The first kappa shape index (κ1) is 18.5. The molecular weight excluding hydrogens is 372 g/mol. The van der Waals surface area contributed by atoms with Crippen molar-refractivity contribution in [1.29, 1.82) is 0 Å². The molecule has 1 amide bonds. The molecule has 3 aromatic rings. The number of halogens is 1. The molecule has 1 heterocycles. The van der Waals surface area contributed by atoms with Gasteiger partial charge in [0.2, 0.25) is 0 Å². The van der Waals surface area contributed by atoms with Crippen LogP contribution in [0, 0.1) is 0 Å². The number of nitrogens with zero attached hydrogens (tertiary/aromatic N) is 1. The van der Waals surface area contributed by atoms with Crippen LogP contribution in [0.4, 0.5) is 0 Å². The van der Waals surface area contributed by atoms with Gasteiger partial charge in [-0.15, -0.1) is 0 Å². The Balaban J connectivity index is 2.18. The van der Waals surface area contributed by atoms with Gasteiger partial charge in [0.25, 0.3) is 11.5 Å². The van der Waals surface area contributed by atoms with E-state index in [-0.39, 0.29) is 0 Å². The lowest BCUT2D eigenvalue weighted by atomic mass is 10.0. The molecule has 0 unspecified atom stereocenters. The van der Waals surface area contributed by atoms with Crippen LogP contribution in [0.15, 0.2) is 47.3 Å². The molecule has 27 heavy (non-hydrogen) atoms. The Labute approximate surface area is 158 Å². The van der Waals surface area contributed by atoms with Crippen molar-refractivity contribution in [3.05, 3.63) is 63.4 Å². The summed E-state index contributed by atoms with van der Waals surface area (Å²) in [6, 6.07) is 12.2. The Morgan fingerprint density at radius 1 is 1.11 bits per heavy atom. The monoisotopic (exact) mass is 386 g/mol. The largest absolute Gasteiger partial charge is 0.506 e. The fourth-order valence-corrected chi connectivity index (χ4v) is 2.93. The fraction of sp³-hybridized carbons (Fsp3) is 0.105. The highest BCUT2D eigenvalue weighted by molar-refractivity contribution is 6.30. The number of amides is 1. The smallest absolute Gasteiger partial charge is 0.322 e. The van der Waals surface area contributed by atoms with Crippen LogP contribution in [0.1, 0.15) is 10.4 Å². The van der Waals surface area contributed by atoms with Gasteiger partial charge in [-0.3, -0.25) is 14.4 Å². The van der Waals surface area contributed by atoms with Crippen LogP contribution in [0.25, 0.3) is 22.0 Å². The number of aromatic hydroxyl groups is 1. The second kappa shape index (κ2) is 7.13. The predicted molar refractivity (Wildman–Crippen MR) is 101 cm³/mol. The van der Waals surface area contributed by atoms with Crippen molar-refractivity contribution in [1.82, 2.24) is 9.88 Å². The third kappa shape index (κ3) is 3.50. The number of hydrogen-bond donors (Lipinski definition) is 3. The van der Waals surface area contributed by atoms with Crippen LogP contribution in [0.2, 0.25) is 5.02 Å². The molecule has 2 aromatic carbocycles. The molecular formula is C19H15ClN2O5. The number of benzene rings is 2. The molecule has 138 valence electrons. The summed E-state index contributed by atoms with van der Waals surface area (Å²) in [5.74, 6) is -2.70. The first-order chi connectivity index (χ1) is 12.8. The number of carboxylic acid groups (broad SMARTS) is 1. The number of carbonyl (C=O) groups is 2. The molecule has 0 aliphatic heterocycles. The van der Waals surface area contributed by atoms with Crippen molar-refractivity contribution < 1.29 is 19.8 Å². The zero-order valence-corrected chi connectivity index (χ0v) is 14.9. The third-order valence-corrected chi connectivity index (χ3v) is 4.43. The fourth-order valence-electron chi connectivity index (χ4n) is 2.80.